The topological polar surface area (TPSA) is 29.1 Å². The van der Waals surface area contributed by atoms with Crippen LogP contribution in [0.25, 0.3) is 0 Å². The highest BCUT2D eigenvalue weighted by Crippen LogP contribution is 1.94. The average molecular weight is 166 g/mol. The molecular weight excluding hydrogens is 158 g/mol. The molecule has 1 atom stereocenters. The molecule has 1 amide bonds. The Morgan fingerprint density at radius 1 is 1.86 bits per heavy atom. The van der Waals surface area contributed by atoms with Gasteiger partial charge < -0.3 is 5.32 Å². The van der Waals surface area contributed by atoms with Gasteiger partial charge in [-0.25, -0.2) is 0 Å². The summed E-state index contributed by atoms with van der Waals surface area (Å²) in [6.45, 7) is 1.78. The van der Waals surface area contributed by atoms with E-state index in [9.17, 15) is 4.79 Å². The number of rotatable bonds is 1. The molecule has 0 aliphatic carbocycles. The molecule has 0 bridgehead atoms. The standard InChI is InChI=1S/C4H8BrNO/c1-3(5)4(7)6-2/h3H,1-2H3,(H,6,7)/t3-/m0/s1. The summed E-state index contributed by atoms with van der Waals surface area (Å²) in [5, 5.41) is 2.48. The van der Waals surface area contributed by atoms with E-state index >= 15 is 0 Å². The molecule has 0 aliphatic rings. The third kappa shape index (κ3) is 2.62. The lowest BCUT2D eigenvalue weighted by Gasteiger charge is -1.96. The van der Waals surface area contributed by atoms with Crippen LogP contribution >= 0.6 is 15.9 Å². The minimum absolute atomic E-state index is 0.0139. The molecule has 0 unspecified atom stereocenters. The summed E-state index contributed by atoms with van der Waals surface area (Å²) in [5.41, 5.74) is 0. The molecular formula is C4H8BrNO. The lowest BCUT2D eigenvalue weighted by molar-refractivity contribution is -0.119. The molecule has 0 rings (SSSR count). The van der Waals surface area contributed by atoms with Crippen molar-refractivity contribution in [1.82, 2.24) is 5.32 Å². The number of halogens is 1. The molecule has 0 heterocycles. The van der Waals surface area contributed by atoms with Crippen molar-refractivity contribution in [1.29, 1.82) is 0 Å². The molecule has 0 aromatic heterocycles. The van der Waals surface area contributed by atoms with Crippen molar-refractivity contribution >= 4 is 21.8 Å². The molecule has 0 aromatic rings. The van der Waals surface area contributed by atoms with Gasteiger partial charge in [-0.15, -0.1) is 0 Å². The first-order valence-electron chi connectivity index (χ1n) is 2.04. The van der Waals surface area contributed by atoms with E-state index in [-0.39, 0.29) is 10.7 Å². The molecule has 0 spiro atoms. The van der Waals surface area contributed by atoms with Crippen LogP contribution in [-0.4, -0.2) is 17.8 Å². The maximum absolute atomic E-state index is 10.4. The molecule has 0 fully saturated rings. The summed E-state index contributed by atoms with van der Waals surface area (Å²) in [6, 6.07) is 0. The van der Waals surface area contributed by atoms with Crippen molar-refractivity contribution in [3.8, 4) is 0 Å². The van der Waals surface area contributed by atoms with Gasteiger partial charge >= 0.3 is 0 Å². The molecule has 0 saturated heterocycles. The molecule has 7 heavy (non-hydrogen) atoms. The van der Waals surface area contributed by atoms with E-state index in [1.165, 1.54) is 0 Å². The lowest BCUT2D eigenvalue weighted by atomic mass is 10.5. The van der Waals surface area contributed by atoms with Crippen LogP contribution in [0.5, 0.6) is 0 Å². The first-order valence-corrected chi connectivity index (χ1v) is 2.95. The highest BCUT2D eigenvalue weighted by Gasteiger charge is 2.02. The minimum atomic E-state index is -0.0718. The summed E-state index contributed by atoms with van der Waals surface area (Å²) >= 11 is 3.09. The number of alkyl halides is 1. The quantitative estimate of drug-likeness (QED) is 0.565. The van der Waals surface area contributed by atoms with Crippen LogP contribution in [0.4, 0.5) is 0 Å². The van der Waals surface area contributed by atoms with Crippen LogP contribution in [0.1, 0.15) is 6.92 Å². The average Bonchev–Trinajstić information content (AvgIpc) is 1.65. The summed E-state index contributed by atoms with van der Waals surface area (Å²) in [5.74, 6) is 0.0139. The highest BCUT2D eigenvalue weighted by atomic mass is 79.9. The fourth-order valence-electron chi connectivity index (χ4n) is 0.199. The van der Waals surface area contributed by atoms with Gasteiger partial charge in [-0.2, -0.15) is 0 Å². The van der Waals surface area contributed by atoms with Crippen molar-refractivity contribution in [2.75, 3.05) is 7.05 Å². The molecule has 0 radical (unpaired) electrons. The van der Waals surface area contributed by atoms with E-state index in [1.54, 1.807) is 14.0 Å². The normalized spacial score (nSPS) is 13.0. The van der Waals surface area contributed by atoms with Crippen molar-refractivity contribution in [2.24, 2.45) is 0 Å². The summed E-state index contributed by atoms with van der Waals surface area (Å²) in [6.07, 6.45) is 0. The van der Waals surface area contributed by atoms with Crippen LogP contribution in [0.3, 0.4) is 0 Å². The second kappa shape index (κ2) is 3.02. The second-order valence-electron chi connectivity index (χ2n) is 1.23. The van der Waals surface area contributed by atoms with E-state index in [4.69, 9.17) is 0 Å². The van der Waals surface area contributed by atoms with Crippen LogP contribution < -0.4 is 5.32 Å². The smallest absolute Gasteiger partial charge is 0.233 e. The number of hydrogen-bond donors (Lipinski definition) is 1. The van der Waals surface area contributed by atoms with Crippen LogP contribution in [0.15, 0.2) is 0 Å². The Balaban J connectivity index is 3.35. The number of amides is 1. The first kappa shape index (κ1) is 6.95. The monoisotopic (exact) mass is 165 g/mol. The molecule has 0 aromatic carbocycles. The highest BCUT2D eigenvalue weighted by molar-refractivity contribution is 9.10. The molecule has 0 saturated carbocycles. The molecule has 42 valence electrons. The molecule has 1 N–H and O–H groups in total. The van der Waals surface area contributed by atoms with E-state index in [2.05, 4.69) is 21.2 Å². The maximum Gasteiger partial charge on any atom is 0.233 e. The third-order valence-electron chi connectivity index (χ3n) is 0.608. The Morgan fingerprint density at radius 2 is 2.29 bits per heavy atom. The van der Waals surface area contributed by atoms with Gasteiger partial charge in [0.1, 0.15) is 0 Å². The van der Waals surface area contributed by atoms with Gasteiger partial charge in [0.25, 0.3) is 0 Å². The van der Waals surface area contributed by atoms with E-state index in [0.717, 1.165) is 0 Å². The largest absolute Gasteiger partial charge is 0.358 e. The van der Waals surface area contributed by atoms with Crippen molar-refractivity contribution in [2.45, 2.75) is 11.8 Å². The Kier molecular flexibility index (Phi) is 3.00. The zero-order valence-corrected chi connectivity index (χ0v) is 5.95. The van der Waals surface area contributed by atoms with E-state index < -0.39 is 0 Å². The fraction of sp³-hybridized carbons (Fsp3) is 0.750. The second-order valence-corrected chi connectivity index (χ2v) is 2.60. The van der Waals surface area contributed by atoms with Gasteiger partial charge in [-0.3, -0.25) is 4.79 Å². The first-order chi connectivity index (χ1) is 3.18. The van der Waals surface area contributed by atoms with Crippen LogP contribution in [0.2, 0.25) is 0 Å². The van der Waals surface area contributed by atoms with Crippen molar-refractivity contribution < 1.29 is 4.79 Å². The molecule has 2 nitrogen and oxygen atoms in total. The predicted molar refractivity (Wildman–Crippen MR) is 32.5 cm³/mol. The Bertz CT molecular complexity index is 72.1. The van der Waals surface area contributed by atoms with E-state index in [0.29, 0.717) is 0 Å². The molecule has 0 aliphatic heterocycles. The van der Waals surface area contributed by atoms with Gasteiger partial charge in [-0.05, 0) is 6.92 Å². The number of hydrogen-bond acceptors (Lipinski definition) is 1. The van der Waals surface area contributed by atoms with Gasteiger partial charge in [0.05, 0.1) is 4.83 Å². The zero-order chi connectivity index (χ0) is 5.86. The maximum atomic E-state index is 10.4. The third-order valence-corrected chi connectivity index (χ3v) is 1.02. The summed E-state index contributed by atoms with van der Waals surface area (Å²) in [7, 11) is 1.61. The lowest BCUT2D eigenvalue weighted by Crippen LogP contribution is -2.24. The zero-order valence-electron chi connectivity index (χ0n) is 4.36. The van der Waals surface area contributed by atoms with Crippen molar-refractivity contribution in [3.05, 3.63) is 0 Å². The van der Waals surface area contributed by atoms with Gasteiger partial charge in [0.15, 0.2) is 0 Å². The van der Waals surface area contributed by atoms with Crippen molar-refractivity contribution in [3.63, 3.8) is 0 Å². The SMILES string of the molecule is CNC(=O)[C@H](C)Br. The van der Waals surface area contributed by atoms with Gasteiger partial charge in [0.2, 0.25) is 5.91 Å². The Hall–Kier alpha value is -0.0500. The minimum Gasteiger partial charge on any atom is -0.358 e. The summed E-state index contributed by atoms with van der Waals surface area (Å²) in [4.78, 5) is 10.3. The van der Waals surface area contributed by atoms with Gasteiger partial charge in [0, 0.05) is 7.05 Å². The number of carbonyl (C=O) groups excluding carboxylic acids is 1. The summed E-state index contributed by atoms with van der Waals surface area (Å²) < 4.78 is 0. The van der Waals surface area contributed by atoms with Crippen LogP contribution in [-0.2, 0) is 4.79 Å². The Morgan fingerprint density at radius 3 is 2.29 bits per heavy atom. The number of carbonyl (C=O) groups is 1. The Labute approximate surface area is 51.4 Å². The van der Waals surface area contributed by atoms with Crippen LogP contribution in [0, 0.1) is 0 Å². The molecule has 3 heteroatoms. The van der Waals surface area contributed by atoms with Gasteiger partial charge in [-0.1, -0.05) is 15.9 Å². The fourth-order valence-corrected chi connectivity index (χ4v) is 0.428. The predicted octanol–water partition coefficient (Wildman–Crippen LogP) is 0.516. The van der Waals surface area contributed by atoms with E-state index in [1.807, 2.05) is 0 Å². The number of nitrogens with one attached hydrogen (secondary N) is 1.